The summed E-state index contributed by atoms with van der Waals surface area (Å²) >= 11 is 0. The van der Waals surface area contributed by atoms with Gasteiger partial charge in [0.25, 0.3) is 16.8 Å². The summed E-state index contributed by atoms with van der Waals surface area (Å²) in [6.07, 6.45) is 2.36. The first-order valence-electron chi connectivity index (χ1n) is 8.21. The van der Waals surface area contributed by atoms with Crippen molar-refractivity contribution in [3.63, 3.8) is 0 Å². The molecule has 8 heteroatoms. The molecule has 0 bridgehead atoms. The Morgan fingerprint density at radius 3 is 1.95 bits per heavy atom. The van der Waals surface area contributed by atoms with Gasteiger partial charge >= 0.3 is 8.32 Å². The van der Waals surface area contributed by atoms with E-state index in [1.54, 1.807) is 6.92 Å². The molecule has 0 atom stereocenters. The Bertz CT molecular complexity index is 377. The molecule has 0 amide bonds. The van der Waals surface area contributed by atoms with Gasteiger partial charge in [-0.3, -0.25) is 4.79 Å². The van der Waals surface area contributed by atoms with Crippen molar-refractivity contribution in [1.82, 2.24) is 5.32 Å². The molecule has 2 aliphatic heterocycles. The molecule has 2 fully saturated rings. The molecule has 0 aliphatic carbocycles. The molecule has 0 aromatic rings. The second kappa shape index (κ2) is 6.94. The first-order valence-corrected chi connectivity index (χ1v) is 10.3. The van der Waals surface area contributed by atoms with Crippen molar-refractivity contribution in [3.8, 4) is 0 Å². The van der Waals surface area contributed by atoms with Crippen LogP contribution in [-0.2, 0) is 28.8 Å². The number of carbonyl (C=O) groups is 1. The Morgan fingerprint density at radius 2 is 1.59 bits per heavy atom. The summed E-state index contributed by atoms with van der Waals surface area (Å²) in [5, 5.41) is 3.29. The minimum atomic E-state index is -2.94. The van der Waals surface area contributed by atoms with Gasteiger partial charge in [0, 0.05) is 19.3 Å². The highest BCUT2D eigenvalue weighted by Gasteiger charge is 2.84. The van der Waals surface area contributed by atoms with Crippen LogP contribution in [0.1, 0.15) is 53.4 Å². The van der Waals surface area contributed by atoms with Gasteiger partial charge < -0.3 is 9.74 Å². The molecule has 0 aromatic carbocycles. The average Bonchev–Trinajstić information content (AvgIpc) is 3.44. The summed E-state index contributed by atoms with van der Waals surface area (Å²) in [5.74, 6) is -0.256. The molecule has 0 radical (unpaired) electrons. The molecule has 22 heavy (non-hydrogen) atoms. The van der Waals surface area contributed by atoms with Crippen molar-refractivity contribution in [2.75, 3.05) is 13.1 Å². The minimum absolute atomic E-state index is 0.256. The Balaban J connectivity index is 2.25. The third-order valence-electron chi connectivity index (χ3n) is 4.44. The normalized spacial score (nSPS) is 21.5. The van der Waals surface area contributed by atoms with Crippen molar-refractivity contribution >= 4 is 14.3 Å². The zero-order valence-electron chi connectivity index (χ0n) is 13.9. The van der Waals surface area contributed by atoms with Crippen LogP contribution >= 0.6 is 0 Å². The fourth-order valence-electron chi connectivity index (χ4n) is 2.96. The predicted octanol–water partition coefficient (Wildman–Crippen LogP) is 2.10. The van der Waals surface area contributed by atoms with Crippen LogP contribution in [0.4, 0.5) is 0 Å². The second-order valence-corrected chi connectivity index (χ2v) is 9.54. The van der Waals surface area contributed by atoms with Crippen molar-refractivity contribution in [2.24, 2.45) is 0 Å². The summed E-state index contributed by atoms with van der Waals surface area (Å²) < 4.78 is 5.98. The monoisotopic (exact) mass is 333 g/mol. The first kappa shape index (κ1) is 17.8. The standard InChI is InChI=1S/C14H27NO6Si/c1-5-12(16)17-22(11-9-10-15-8-4,13(6-2)18-19-13)14(7-3)20-21-14/h15H,5-11H2,1-4H3. The van der Waals surface area contributed by atoms with Crippen LogP contribution in [0.3, 0.4) is 0 Å². The van der Waals surface area contributed by atoms with E-state index in [-0.39, 0.29) is 5.97 Å². The third kappa shape index (κ3) is 2.95. The fourth-order valence-corrected chi connectivity index (χ4v) is 7.69. The maximum absolute atomic E-state index is 12.1. The molecule has 2 rings (SSSR count). The van der Waals surface area contributed by atoms with Crippen molar-refractivity contribution in [1.29, 1.82) is 0 Å². The lowest BCUT2D eigenvalue weighted by molar-refractivity contribution is -0.135. The number of hydrogen-bond donors (Lipinski definition) is 1. The Kier molecular flexibility index (Phi) is 5.62. The highest BCUT2D eigenvalue weighted by atomic mass is 28.4. The van der Waals surface area contributed by atoms with Gasteiger partial charge in [-0.05, 0) is 25.6 Å². The van der Waals surface area contributed by atoms with Gasteiger partial charge in [0.15, 0.2) is 0 Å². The Labute approximate surface area is 132 Å². The Hall–Kier alpha value is -0.513. The van der Waals surface area contributed by atoms with Crippen molar-refractivity contribution in [3.05, 3.63) is 0 Å². The lowest BCUT2D eigenvalue weighted by Gasteiger charge is -2.34. The quantitative estimate of drug-likeness (QED) is 0.268. The second-order valence-electron chi connectivity index (χ2n) is 5.66. The van der Waals surface area contributed by atoms with Gasteiger partial charge in [0.05, 0.1) is 0 Å². The van der Waals surface area contributed by atoms with E-state index in [4.69, 9.17) is 24.0 Å². The van der Waals surface area contributed by atoms with Crippen LogP contribution in [0.2, 0.25) is 6.04 Å². The fraction of sp³-hybridized carbons (Fsp3) is 0.929. The van der Waals surface area contributed by atoms with Crippen LogP contribution in [0.15, 0.2) is 0 Å². The lowest BCUT2D eigenvalue weighted by atomic mass is 10.4. The number of rotatable bonds is 11. The van der Waals surface area contributed by atoms with Crippen LogP contribution in [0, 0.1) is 0 Å². The van der Waals surface area contributed by atoms with E-state index in [1.165, 1.54) is 0 Å². The lowest BCUT2D eigenvalue weighted by Crippen LogP contribution is -2.65. The zero-order valence-corrected chi connectivity index (χ0v) is 14.9. The van der Waals surface area contributed by atoms with Crippen molar-refractivity contribution < 1.29 is 28.8 Å². The first-order chi connectivity index (χ1) is 10.6. The highest BCUT2D eigenvalue weighted by molar-refractivity contribution is 6.80. The molecule has 0 spiro atoms. The molecule has 2 heterocycles. The molecular formula is C14H27NO6Si. The molecule has 0 saturated carbocycles. The average molecular weight is 333 g/mol. The molecule has 2 aliphatic rings. The number of carbonyl (C=O) groups excluding carboxylic acids is 1. The van der Waals surface area contributed by atoms with E-state index < -0.39 is 19.1 Å². The van der Waals surface area contributed by atoms with E-state index in [0.717, 1.165) is 19.5 Å². The van der Waals surface area contributed by atoms with E-state index in [1.807, 2.05) is 13.8 Å². The van der Waals surface area contributed by atoms with E-state index in [2.05, 4.69) is 12.2 Å². The molecule has 2 saturated heterocycles. The summed E-state index contributed by atoms with van der Waals surface area (Å²) in [6.45, 7) is 9.51. The van der Waals surface area contributed by atoms with Gasteiger partial charge in [-0.1, -0.05) is 27.7 Å². The smallest absolute Gasteiger partial charge is 0.391 e. The third-order valence-corrected chi connectivity index (χ3v) is 9.58. The summed E-state index contributed by atoms with van der Waals surface area (Å²) in [5.41, 5.74) is -1.70. The Morgan fingerprint density at radius 1 is 1.05 bits per heavy atom. The van der Waals surface area contributed by atoms with Crippen LogP contribution < -0.4 is 5.32 Å². The topological polar surface area (TPSA) is 88.5 Å². The molecule has 7 nitrogen and oxygen atoms in total. The predicted molar refractivity (Wildman–Crippen MR) is 80.5 cm³/mol. The molecule has 128 valence electrons. The van der Waals surface area contributed by atoms with Crippen LogP contribution in [0.25, 0.3) is 0 Å². The minimum Gasteiger partial charge on any atom is -0.507 e. The van der Waals surface area contributed by atoms with Crippen molar-refractivity contribution in [2.45, 2.75) is 70.2 Å². The largest absolute Gasteiger partial charge is 0.507 e. The molecule has 0 unspecified atom stereocenters. The van der Waals surface area contributed by atoms with Gasteiger partial charge in [0.1, 0.15) is 0 Å². The van der Waals surface area contributed by atoms with Gasteiger partial charge in [0.2, 0.25) is 0 Å². The van der Waals surface area contributed by atoms with E-state index in [0.29, 0.717) is 25.3 Å². The van der Waals surface area contributed by atoms with Gasteiger partial charge in [-0.2, -0.15) is 19.6 Å². The highest BCUT2D eigenvalue weighted by Crippen LogP contribution is 2.57. The van der Waals surface area contributed by atoms with Crippen LogP contribution in [-0.4, -0.2) is 38.2 Å². The number of nitrogens with one attached hydrogen (secondary N) is 1. The summed E-state index contributed by atoms with van der Waals surface area (Å²) in [4.78, 5) is 33.5. The molecule has 1 N–H and O–H groups in total. The van der Waals surface area contributed by atoms with Gasteiger partial charge in [-0.25, -0.2) is 0 Å². The SMILES string of the molecule is CCNCCC[Si](OC(=O)CC)(C1(CC)OO1)C1(CC)OO1. The summed E-state index contributed by atoms with van der Waals surface area (Å²) in [6, 6.07) is 0.674. The van der Waals surface area contributed by atoms with Gasteiger partial charge in [-0.15, -0.1) is 0 Å². The van der Waals surface area contributed by atoms with E-state index >= 15 is 0 Å². The zero-order chi connectivity index (χ0) is 16.3. The number of hydrogen-bond acceptors (Lipinski definition) is 7. The maximum Gasteiger partial charge on any atom is 0.391 e. The summed E-state index contributed by atoms with van der Waals surface area (Å²) in [7, 11) is -2.94. The van der Waals surface area contributed by atoms with Crippen LogP contribution in [0.5, 0.6) is 0 Å². The maximum atomic E-state index is 12.1. The van der Waals surface area contributed by atoms with E-state index in [9.17, 15) is 4.79 Å². The molecule has 0 aromatic heterocycles. The molecular weight excluding hydrogens is 306 g/mol.